The molecule has 8 heteroatoms. The average molecular weight is 417 g/mol. The number of nitrogens with one attached hydrogen (secondary N) is 4. The Labute approximate surface area is 179 Å². The molecule has 4 N–H and O–H groups in total. The molecule has 0 unspecified atom stereocenters. The Morgan fingerprint density at radius 3 is 2.58 bits per heavy atom. The van der Waals surface area contributed by atoms with E-state index < -0.39 is 11.5 Å². The van der Waals surface area contributed by atoms with Crippen LogP contribution in [0.2, 0.25) is 0 Å². The molecule has 0 saturated heterocycles. The maximum absolute atomic E-state index is 12.8. The van der Waals surface area contributed by atoms with E-state index >= 15 is 0 Å². The summed E-state index contributed by atoms with van der Waals surface area (Å²) in [5, 5.41) is 8.46. The van der Waals surface area contributed by atoms with Crippen LogP contribution >= 0.6 is 0 Å². The summed E-state index contributed by atoms with van der Waals surface area (Å²) in [6.07, 6.45) is 0.562. The van der Waals surface area contributed by atoms with Gasteiger partial charge in [0.15, 0.2) is 0 Å². The molecule has 0 aliphatic carbocycles. The van der Waals surface area contributed by atoms with E-state index in [2.05, 4.69) is 25.9 Å². The highest BCUT2D eigenvalue weighted by Crippen LogP contribution is 2.29. The molecule has 8 nitrogen and oxygen atoms in total. The minimum atomic E-state index is -0.885. The lowest BCUT2D eigenvalue weighted by Crippen LogP contribution is -2.39. The van der Waals surface area contributed by atoms with Gasteiger partial charge in [0.2, 0.25) is 17.8 Å². The van der Waals surface area contributed by atoms with Crippen molar-refractivity contribution in [2.75, 3.05) is 17.2 Å². The molecule has 0 radical (unpaired) electrons. The van der Waals surface area contributed by atoms with Gasteiger partial charge in [0.05, 0.1) is 11.5 Å². The zero-order valence-electron chi connectivity index (χ0n) is 17.1. The number of aromatic amines is 1. The van der Waals surface area contributed by atoms with Crippen molar-refractivity contribution in [2.45, 2.75) is 25.7 Å². The Bertz CT molecular complexity index is 1160. The quantitative estimate of drug-likeness (QED) is 0.492. The van der Waals surface area contributed by atoms with Crippen LogP contribution in [-0.4, -0.2) is 28.3 Å². The molecule has 1 aliphatic heterocycles. The Morgan fingerprint density at radius 1 is 1.10 bits per heavy atom. The van der Waals surface area contributed by atoms with Crippen LogP contribution in [0.4, 0.5) is 17.5 Å². The van der Waals surface area contributed by atoms with Gasteiger partial charge in [-0.05, 0) is 31.0 Å². The Balaban J connectivity index is 1.51. The summed E-state index contributed by atoms with van der Waals surface area (Å²) in [6.45, 7) is 2.39. The third kappa shape index (κ3) is 4.80. The Morgan fingerprint density at radius 2 is 1.84 bits per heavy atom. The minimum absolute atomic E-state index is 0.0976. The first-order valence-electron chi connectivity index (χ1n) is 10.1. The number of anilines is 3. The molecule has 1 aliphatic rings. The second-order valence-corrected chi connectivity index (χ2v) is 7.50. The smallest absolute Gasteiger partial charge is 0.258 e. The van der Waals surface area contributed by atoms with Gasteiger partial charge in [0.1, 0.15) is 5.82 Å². The molecule has 3 aromatic rings. The molecule has 158 valence electrons. The van der Waals surface area contributed by atoms with E-state index in [1.807, 2.05) is 61.5 Å². The lowest BCUT2D eigenvalue weighted by molar-refractivity contribution is -0.126. The third-order valence-corrected chi connectivity index (χ3v) is 5.14. The van der Waals surface area contributed by atoms with E-state index in [0.29, 0.717) is 13.0 Å². The van der Waals surface area contributed by atoms with Gasteiger partial charge < -0.3 is 16.0 Å². The molecule has 0 bridgehead atoms. The van der Waals surface area contributed by atoms with Crippen molar-refractivity contribution >= 4 is 29.3 Å². The summed E-state index contributed by atoms with van der Waals surface area (Å²) < 4.78 is 0. The number of aromatic nitrogens is 2. The van der Waals surface area contributed by atoms with Crippen molar-refractivity contribution in [1.29, 1.82) is 0 Å². The van der Waals surface area contributed by atoms with Crippen LogP contribution in [0.3, 0.4) is 0 Å². The number of carbonyl (C=O) groups is 2. The van der Waals surface area contributed by atoms with E-state index in [4.69, 9.17) is 0 Å². The highest BCUT2D eigenvalue weighted by Gasteiger charge is 2.34. The van der Waals surface area contributed by atoms with E-state index in [1.165, 1.54) is 0 Å². The molecule has 2 aromatic carbocycles. The van der Waals surface area contributed by atoms with Crippen LogP contribution in [0.15, 0.2) is 59.4 Å². The van der Waals surface area contributed by atoms with Crippen molar-refractivity contribution in [3.63, 3.8) is 0 Å². The van der Waals surface area contributed by atoms with Gasteiger partial charge in [0.25, 0.3) is 5.56 Å². The van der Waals surface area contributed by atoms with Gasteiger partial charge in [-0.15, -0.1) is 0 Å². The molecule has 2 amide bonds. The third-order valence-electron chi connectivity index (χ3n) is 5.14. The second-order valence-electron chi connectivity index (χ2n) is 7.50. The van der Waals surface area contributed by atoms with E-state index in [1.54, 1.807) is 0 Å². The number of fused-ring (bicyclic) bond motifs is 1. The Hall–Kier alpha value is -3.94. The average Bonchev–Trinajstić information content (AvgIpc) is 2.75. The number of carbonyl (C=O) groups excluding carboxylic acids is 2. The number of nitrogens with zero attached hydrogens (tertiary/aromatic N) is 1. The number of benzene rings is 2. The first-order chi connectivity index (χ1) is 15.0. The number of amides is 2. The summed E-state index contributed by atoms with van der Waals surface area (Å²) in [4.78, 5) is 44.7. The molecule has 2 heterocycles. The number of aryl methyl sites for hydroxylation is 1. The summed E-state index contributed by atoms with van der Waals surface area (Å²) in [5.41, 5.74) is 2.65. The molecule has 1 atom stereocenters. The fraction of sp³-hybridized carbons (Fsp3) is 0.217. The molecular formula is C23H23N5O3. The lowest BCUT2D eigenvalue weighted by Gasteiger charge is -2.23. The van der Waals surface area contributed by atoms with Crippen LogP contribution < -0.4 is 21.5 Å². The molecule has 31 heavy (non-hydrogen) atoms. The van der Waals surface area contributed by atoms with E-state index in [0.717, 1.165) is 16.8 Å². The van der Waals surface area contributed by atoms with Gasteiger partial charge >= 0.3 is 0 Å². The predicted octanol–water partition coefficient (Wildman–Crippen LogP) is 2.61. The zero-order valence-corrected chi connectivity index (χ0v) is 17.1. The first-order valence-corrected chi connectivity index (χ1v) is 10.1. The van der Waals surface area contributed by atoms with E-state index in [9.17, 15) is 14.4 Å². The van der Waals surface area contributed by atoms with Gasteiger partial charge in [-0.25, -0.2) is 0 Å². The molecule has 4 rings (SSSR count). The summed E-state index contributed by atoms with van der Waals surface area (Å²) in [7, 11) is 0. The van der Waals surface area contributed by atoms with Crippen LogP contribution in [0.25, 0.3) is 0 Å². The first kappa shape index (κ1) is 20.3. The second kappa shape index (κ2) is 8.83. The van der Waals surface area contributed by atoms with Crippen LogP contribution in [-0.2, 0) is 16.0 Å². The van der Waals surface area contributed by atoms with Crippen molar-refractivity contribution in [3.8, 4) is 0 Å². The maximum atomic E-state index is 12.8. The van der Waals surface area contributed by atoms with E-state index in [-0.39, 0.29) is 35.6 Å². The zero-order chi connectivity index (χ0) is 21.8. The SMILES string of the molecule is Cc1ccc(Nc2nc3c(c(=O)[nH]2)[C@@H](C(=O)NCCc2ccccc2)CC(=O)N3)cc1. The monoisotopic (exact) mass is 417 g/mol. The highest BCUT2D eigenvalue weighted by molar-refractivity contribution is 6.00. The van der Waals surface area contributed by atoms with Crippen molar-refractivity contribution in [3.05, 3.63) is 81.6 Å². The normalized spacial score (nSPS) is 15.0. The molecular weight excluding hydrogens is 394 g/mol. The summed E-state index contributed by atoms with van der Waals surface area (Å²) in [6, 6.07) is 17.3. The Kier molecular flexibility index (Phi) is 5.79. The van der Waals surface area contributed by atoms with Crippen LogP contribution in [0.5, 0.6) is 0 Å². The fourth-order valence-corrected chi connectivity index (χ4v) is 3.53. The number of rotatable bonds is 6. The van der Waals surface area contributed by atoms with Gasteiger partial charge in [0, 0.05) is 18.7 Å². The van der Waals surface area contributed by atoms with Crippen LogP contribution in [0.1, 0.15) is 29.0 Å². The van der Waals surface area contributed by atoms with Crippen molar-refractivity contribution in [1.82, 2.24) is 15.3 Å². The van der Waals surface area contributed by atoms with Gasteiger partial charge in [-0.3, -0.25) is 19.4 Å². The molecule has 0 saturated carbocycles. The van der Waals surface area contributed by atoms with Gasteiger partial charge in [-0.2, -0.15) is 4.98 Å². The standard InChI is InChI=1S/C23H23N5O3/c1-14-7-9-16(10-8-14)25-23-27-20-19(22(31)28-23)17(13-18(29)26-20)21(30)24-12-11-15-5-3-2-4-6-15/h2-10,17H,11-13H2,1H3,(H,24,30)(H3,25,26,27,28,29,31)/t17-/m0/s1. The fourth-order valence-electron chi connectivity index (χ4n) is 3.53. The number of hydrogen-bond acceptors (Lipinski definition) is 5. The van der Waals surface area contributed by atoms with Crippen LogP contribution in [0, 0.1) is 6.92 Å². The predicted molar refractivity (Wildman–Crippen MR) is 118 cm³/mol. The topological polar surface area (TPSA) is 116 Å². The summed E-state index contributed by atoms with van der Waals surface area (Å²) in [5.74, 6) is -1.30. The lowest BCUT2D eigenvalue weighted by atomic mass is 9.92. The molecule has 1 aromatic heterocycles. The highest BCUT2D eigenvalue weighted by atomic mass is 16.2. The molecule has 0 spiro atoms. The van der Waals surface area contributed by atoms with Gasteiger partial charge in [-0.1, -0.05) is 48.0 Å². The largest absolute Gasteiger partial charge is 0.355 e. The maximum Gasteiger partial charge on any atom is 0.258 e. The molecule has 0 fully saturated rings. The number of hydrogen-bond donors (Lipinski definition) is 4. The number of H-pyrrole nitrogens is 1. The minimum Gasteiger partial charge on any atom is -0.355 e. The summed E-state index contributed by atoms with van der Waals surface area (Å²) >= 11 is 0. The van der Waals surface area contributed by atoms with Crippen molar-refractivity contribution < 1.29 is 9.59 Å². The van der Waals surface area contributed by atoms with Crippen molar-refractivity contribution in [2.24, 2.45) is 0 Å².